The number of carbonyl (C=O) groups is 1. The van der Waals surface area contributed by atoms with Gasteiger partial charge in [-0.1, -0.05) is 19.8 Å². The molecule has 4 heteroatoms. The van der Waals surface area contributed by atoms with E-state index in [4.69, 9.17) is 4.74 Å². The monoisotopic (exact) mass is 296 g/mol. The maximum atomic E-state index is 12.0. The van der Waals surface area contributed by atoms with Gasteiger partial charge >= 0.3 is 6.09 Å². The zero-order chi connectivity index (χ0) is 15.5. The van der Waals surface area contributed by atoms with Crippen LogP contribution >= 0.6 is 0 Å². The van der Waals surface area contributed by atoms with E-state index in [0.717, 1.165) is 32.0 Å². The Morgan fingerprint density at radius 2 is 1.95 bits per heavy atom. The summed E-state index contributed by atoms with van der Waals surface area (Å²) in [7, 11) is 0. The number of ether oxygens (including phenoxy) is 1. The van der Waals surface area contributed by atoms with Gasteiger partial charge in [0, 0.05) is 19.1 Å². The maximum absolute atomic E-state index is 12.0. The molecule has 0 aromatic carbocycles. The molecule has 0 bridgehead atoms. The van der Waals surface area contributed by atoms with Crippen LogP contribution in [0.25, 0.3) is 0 Å². The molecule has 2 rings (SSSR count). The van der Waals surface area contributed by atoms with Crippen LogP contribution < -0.4 is 5.32 Å². The van der Waals surface area contributed by atoms with E-state index in [0.29, 0.717) is 12.0 Å². The Kier molecular flexibility index (Phi) is 5.53. The lowest BCUT2D eigenvalue weighted by Crippen LogP contribution is -2.41. The third kappa shape index (κ3) is 5.17. The van der Waals surface area contributed by atoms with E-state index in [-0.39, 0.29) is 6.09 Å². The second-order valence-corrected chi connectivity index (χ2v) is 7.86. The van der Waals surface area contributed by atoms with Gasteiger partial charge in [0.15, 0.2) is 0 Å². The van der Waals surface area contributed by atoms with Crippen LogP contribution in [0.3, 0.4) is 0 Å². The number of hydrogen-bond acceptors (Lipinski definition) is 3. The minimum Gasteiger partial charge on any atom is -0.444 e. The van der Waals surface area contributed by atoms with Crippen LogP contribution in [0.2, 0.25) is 0 Å². The zero-order valence-corrected chi connectivity index (χ0v) is 14.2. The third-order valence-electron chi connectivity index (χ3n) is 4.72. The molecule has 1 N–H and O–H groups in total. The molecular weight excluding hydrogens is 264 g/mol. The van der Waals surface area contributed by atoms with Gasteiger partial charge in [-0.3, -0.25) is 0 Å². The number of nitrogens with zero attached hydrogens (tertiary/aromatic N) is 1. The maximum Gasteiger partial charge on any atom is 0.410 e. The normalized spacial score (nSPS) is 30.5. The molecule has 0 spiro atoms. The number of carbonyl (C=O) groups excluding carboxylic acids is 1. The van der Waals surface area contributed by atoms with Gasteiger partial charge in [0.05, 0.1) is 0 Å². The van der Waals surface area contributed by atoms with Gasteiger partial charge in [-0.05, 0) is 58.4 Å². The SMILES string of the molecule is CC1CCCCC1NCC1CCN(C(=O)OC(C)(C)C)C1. The van der Waals surface area contributed by atoms with Crippen molar-refractivity contribution in [2.75, 3.05) is 19.6 Å². The molecule has 1 aliphatic carbocycles. The van der Waals surface area contributed by atoms with Crippen molar-refractivity contribution in [3.63, 3.8) is 0 Å². The Morgan fingerprint density at radius 1 is 1.24 bits per heavy atom. The molecule has 0 aromatic rings. The van der Waals surface area contributed by atoms with Gasteiger partial charge in [0.25, 0.3) is 0 Å². The van der Waals surface area contributed by atoms with Crippen LogP contribution in [0.5, 0.6) is 0 Å². The summed E-state index contributed by atoms with van der Waals surface area (Å²) in [6.07, 6.45) is 6.34. The quantitative estimate of drug-likeness (QED) is 0.867. The first kappa shape index (κ1) is 16.6. The molecule has 21 heavy (non-hydrogen) atoms. The van der Waals surface area contributed by atoms with E-state index < -0.39 is 5.60 Å². The first-order chi connectivity index (χ1) is 9.85. The minimum atomic E-state index is -0.398. The van der Waals surface area contributed by atoms with E-state index in [1.807, 2.05) is 25.7 Å². The topological polar surface area (TPSA) is 41.6 Å². The van der Waals surface area contributed by atoms with Crippen molar-refractivity contribution in [3.8, 4) is 0 Å². The zero-order valence-electron chi connectivity index (χ0n) is 14.2. The Bertz CT molecular complexity index is 351. The second kappa shape index (κ2) is 6.99. The highest BCUT2D eigenvalue weighted by molar-refractivity contribution is 5.68. The van der Waals surface area contributed by atoms with E-state index in [2.05, 4.69) is 12.2 Å². The lowest BCUT2D eigenvalue weighted by atomic mass is 9.85. The van der Waals surface area contributed by atoms with Gasteiger partial charge in [-0.25, -0.2) is 4.79 Å². The van der Waals surface area contributed by atoms with Crippen molar-refractivity contribution >= 4 is 6.09 Å². The molecule has 2 fully saturated rings. The predicted molar refractivity (Wildman–Crippen MR) is 85.3 cm³/mol. The fraction of sp³-hybridized carbons (Fsp3) is 0.941. The highest BCUT2D eigenvalue weighted by atomic mass is 16.6. The molecule has 2 aliphatic rings. The summed E-state index contributed by atoms with van der Waals surface area (Å²) in [5, 5.41) is 3.74. The van der Waals surface area contributed by atoms with Crippen LogP contribution in [0.1, 0.15) is 59.8 Å². The molecule has 3 atom stereocenters. The molecule has 122 valence electrons. The van der Waals surface area contributed by atoms with Gasteiger partial charge in [0.1, 0.15) is 5.60 Å². The summed E-state index contributed by atoms with van der Waals surface area (Å²) in [6, 6.07) is 0.675. The van der Waals surface area contributed by atoms with Crippen molar-refractivity contribution < 1.29 is 9.53 Å². The van der Waals surface area contributed by atoms with Gasteiger partial charge in [-0.15, -0.1) is 0 Å². The second-order valence-electron chi connectivity index (χ2n) is 7.86. The van der Waals surface area contributed by atoms with E-state index in [9.17, 15) is 4.79 Å². The minimum absolute atomic E-state index is 0.156. The largest absolute Gasteiger partial charge is 0.444 e. The lowest BCUT2D eigenvalue weighted by Gasteiger charge is -2.30. The number of rotatable bonds is 3. The van der Waals surface area contributed by atoms with Gasteiger partial charge < -0.3 is 15.0 Å². The van der Waals surface area contributed by atoms with E-state index in [1.54, 1.807) is 0 Å². The predicted octanol–water partition coefficient (Wildman–Crippen LogP) is 3.41. The molecule has 0 aromatic heterocycles. The summed E-state index contributed by atoms with van der Waals surface area (Å²) in [5.41, 5.74) is -0.398. The molecule has 1 aliphatic heterocycles. The van der Waals surface area contributed by atoms with E-state index in [1.165, 1.54) is 25.7 Å². The van der Waals surface area contributed by atoms with Crippen molar-refractivity contribution in [2.45, 2.75) is 71.4 Å². The van der Waals surface area contributed by atoms with Crippen molar-refractivity contribution in [3.05, 3.63) is 0 Å². The molecule has 0 radical (unpaired) electrons. The highest BCUT2D eigenvalue weighted by Crippen LogP contribution is 2.25. The first-order valence-corrected chi connectivity index (χ1v) is 8.56. The number of nitrogens with one attached hydrogen (secondary N) is 1. The fourth-order valence-electron chi connectivity index (χ4n) is 3.43. The average molecular weight is 296 g/mol. The lowest BCUT2D eigenvalue weighted by molar-refractivity contribution is 0.0288. The molecular formula is C17H32N2O2. The summed E-state index contributed by atoms with van der Waals surface area (Å²) in [4.78, 5) is 13.9. The van der Waals surface area contributed by atoms with E-state index >= 15 is 0 Å². The third-order valence-corrected chi connectivity index (χ3v) is 4.72. The summed E-state index contributed by atoms with van der Waals surface area (Å²) >= 11 is 0. The molecule has 1 saturated heterocycles. The van der Waals surface area contributed by atoms with Crippen LogP contribution in [-0.2, 0) is 4.74 Å². The Hall–Kier alpha value is -0.770. The summed E-state index contributed by atoms with van der Waals surface area (Å²) in [6.45, 7) is 10.8. The van der Waals surface area contributed by atoms with Crippen LogP contribution in [0.15, 0.2) is 0 Å². The Balaban J connectivity index is 1.71. The first-order valence-electron chi connectivity index (χ1n) is 8.56. The highest BCUT2D eigenvalue weighted by Gasteiger charge is 2.30. The number of hydrogen-bond donors (Lipinski definition) is 1. The summed E-state index contributed by atoms with van der Waals surface area (Å²) < 4.78 is 5.45. The molecule has 1 amide bonds. The molecule has 1 saturated carbocycles. The Labute approximate surface area is 129 Å². The van der Waals surface area contributed by atoms with Crippen molar-refractivity contribution in [2.24, 2.45) is 11.8 Å². The standard InChI is InChI=1S/C17H32N2O2/c1-13-7-5-6-8-15(13)18-11-14-9-10-19(12-14)16(20)21-17(2,3)4/h13-15,18H,5-12H2,1-4H3. The van der Waals surface area contributed by atoms with Gasteiger partial charge in [-0.2, -0.15) is 0 Å². The van der Waals surface area contributed by atoms with Crippen molar-refractivity contribution in [1.29, 1.82) is 0 Å². The average Bonchev–Trinajstić information content (AvgIpc) is 2.85. The van der Waals surface area contributed by atoms with Crippen LogP contribution in [-0.4, -0.2) is 42.3 Å². The molecule has 3 unspecified atom stereocenters. The number of amides is 1. The molecule has 1 heterocycles. The Morgan fingerprint density at radius 3 is 2.62 bits per heavy atom. The molecule has 4 nitrogen and oxygen atoms in total. The number of likely N-dealkylation sites (tertiary alicyclic amines) is 1. The summed E-state index contributed by atoms with van der Waals surface area (Å²) in [5.74, 6) is 1.37. The van der Waals surface area contributed by atoms with Gasteiger partial charge in [0.2, 0.25) is 0 Å². The van der Waals surface area contributed by atoms with Crippen molar-refractivity contribution in [1.82, 2.24) is 10.2 Å². The van der Waals surface area contributed by atoms with Crippen LogP contribution in [0, 0.1) is 11.8 Å². The smallest absolute Gasteiger partial charge is 0.410 e. The fourth-order valence-corrected chi connectivity index (χ4v) is 3.43. The van der Waals surface area contributed by atoms with Crippen LogP contribution in [0.4, 0.5) is 4.79 Å².